The van der Waals surface area contributed by atoms with Gasteiger partial charge in [-0.25, -0.2) is 0 Å². The highest BCUT2D eigenvalue weighted by molar-refractivity contribution is 5.24. The number of ether oxygens (including phenoxy) is 6. The van der Waals surface area contributed by atoms with Gasteiger partial charge in [0.15, 0.2) is 0 Å². The summed E-state index contributed by atoms with van der Waals surface area (Å²) in [6.45, 7) is 31.5. The van der Waals surface area contributed by atoms with Gasteiger partial charge in [-0.1, -0.05) is 66.5 Å². The summed E-state index contributed by atoms with van der Waals surface area (Å²) in [6.07, 6.45) is 30.2. The highest BCUT2D eigenvalue weighted by Gasteiger charge is 2.65. The van der Waals surface area contributed by atoms with E-state index in [2.05, 4.69) is 91.7 Å². The third-order valence-electron chi connectivity index (χ3n) is 27.9. The standard InChI is InChI=1S/C72H122N6O6/c1-70(2)58-37-61(70)55-40-76-67(64-13-7-10-19-73-64)34-52(55)49(58)16-22-79-25-28-82-43-46-31-47(44-83-29-26-80-23-17-50-53-35-68(65-14-8-11-20-74-65)77-41-56(53)62-38-59(50)71(62,3)4)33-48(32-46)45-84-30-27-81-24-18-51-54-36-69(66-15-9-12-21-75-66)78-42-57(54)63-39-60(51)72(63,5)6/h7,10,13,46-63,65-69,73-78H,8-9,11-12,14-45H2,1-6H3. The smallest absolute Gasteiger partial charge is 0.0700 e. The van der Waals surface area contributed by atoms with E-state index in [1.165, 1.54) is 128 Å². The maximum Gasteiger partial charge on any atom is 0.0700 e. The minimum absolute atomic E-state index is 0.447. The van der Waals surface area contributed by atoms with Crippen molar-refractivity contribution in [2.45, 2.75) is 187 Å². The van der Waals surface area contributed by atoms with Gasteiger partial charge in [0.25, 0.3) is 0 Å². The predicted octanol–water partition coefficient (Wildman–Crippen LogP) is 10.3. The summed E-state index contributed by atoms with van der Waals surface area (Å²) in [5.74, 6) is 14.0. The van der Waals surface area contributed by atoms with E-state index < -0.39 is 0 Å². The Bertz CT molecular complexity index is 2070. The summed E-state index contributed by atoms with van der Waals surface area (Å²) >= 11 is 0. The van der Waals surface area contributed by atoms with Crippen LogP contribution in [0.5, 0.6) is 0 Å². The summed E-state index contributed by atoms with van der Waals surface area (Å²) in [4.78, 5) is 0. The van der Waals surface area contributed by atoms with Crippen LogP contribution in [0.25, 0.3) is 0 Å². The molecule has 16 aliphatic rings. The van der Waals surface area contributed by atoms with Gasteiger partial charge in [-0.05, 0) is 264 Å². The van der Waals surface area contributed by atoms with Crippen LogP contribution in [-0.2, 0) is 28.4 Å². The van der Waals surface area contributed by atoms with Crippen molar-refractivity contribution >= 4 is 0 Å². The second-order valence-electron chi connectivity index (χ2n) is 32.8. The Hall–Kier alpha value is -1.16. The molecule has 12 heteroatoms. The van der Waals surface area contributed by atoms with Crippen LogP contribution in [0, 0.1) is 123 Å². The molecular weight excluding hydrogens is 1040 g/mol. The molecule has 0 aromatic carbocycles. The van der Waals surface area contributed by atoms with E-state index in [9.17, 15) is 0 Å². The van der Waals surface area contributed by atoms with Crippen LogP contribution in [0.4, 0.5) is 0 Å². The first-order valence-electron chi connectivity index (χ1n) is 36.2. The van der Waals surface area contributed by atoms with Crippen LogP contribution >= 0.6 is 0 Å². The Labute approximate surface area is 510 Å². The first kappa shape index (κ1) is 61.7. The maximum absolute atomic E-state index is 6.54. The molecule has 6 aliphatic heterocycles. The number of dihydropyridines is 1. The van der Waals surface area contributed by atoms with Crippen LogP contribution in [0.1, 0.15) is 157 Å². The molecule has 10 aliphatic carbocycles. The molecule has 16 rings (SSSR count). The molecule has 0 aromatic heterocycles. The number of piperidine rings is 5. The molecule has 5 saturated heterocycles. The van der Waals surface area contributed by atoms with E-state index in [1.54, 1.807) is 0 Å². The molecule has 15 fully saturated rings. The Morgan fingerprint density at radius 2 is 0.798 bits per heavy atom. The molecule has 0 radical (unpaired) electrons. The lowest BCUT2D eigenvalue weighted by Gasteiger charge is -2.68. The predicted molar refractivity (Wildman–Crippen MR) is 336 cm³/mol. The molecule has 0 aromatic rings. The van der Waals surface area contributed by atoms with Gasteiger partial charge < -0.3 is 60.3 Å². The summed E-state index contributed by atoms with van der Waals surface area (Å²) in [5.41, 5.74) is 2.78. The van der Waals surface area contributed by atoms with Crippen molar-refractivity contribution in [1.29, 1.82) is 0 Å². The van der Waals surface area contributed by atoms with E-state index in [-0.39, 0.29) is 0 Å². The molecule has 22 atom stereocenters. The quantitative estimate of drug-likeness (QED) is 0.0439. The average Bonchev–Trinajstić information content (AvgIpc) is 0.841. The average molecular weight is 1170 g/mol. The molecule has 84 heavy (non-hydrogen) atoms. The van der Waals surface area contributed by atoms with E-state index in [1.807, 2.05) is 0 Å². The highest BCUT2D eigenvalue weighted by atomic mass is 16.5. The summed E-state index contributed by atoms with van der Waals surface area (Å²) in [7, 11) is 0. The fourth-order valence-electron chi connectivity index (χ4n) is 23.4. The van der Waals surface area contributed by atoms with Gasteiger partial charge in [-0.3, -0.25) is 0 Å². The van der Waals surface area contributed by atoms with E-state index in [0.29, 0.717) is 104 Å². The van der Waals surface area contributed by atoms with Crippen molar-refractivity contribution in [2.24, 2.45) is 123 Å². The number of nitrogens with one attached hydrogen (secondary N) is 6. The van der Waals surface area contributed by atoms with E-state index in [0.717, 1.165) is 161 Å². The molecule has 10 saturated carbocycles. The fourth-order valence-corrected chi connectivity index (χ4v) is 23.4. The minimum atomic E-state index is 0.447. The van der Waals surface area contributed by atoms with Crippen molar-refractivity contribution in [3.8, 4) is 0 Å². The Morgan fingerprint density at radius 3 is 1.18 bits per heavy atom. The van der Waals surface area contributed by atoms with Crippen molar-refractivity contribution in [3.63, 3.8) is 0 Å². The topological polar surface area (TPSA) is 128 Å². The van der Waals surface area contributed by atoms with Crippen molar-refractivity contribution in [2.75, 3.05) is 119 Å². The summed E-state index contributed by atoms with van der Waals surface area (Å²) in [6, 6.07) is 3.05. The largest absolute Gasteiger partial charge is 0.384 e. The number of rotatable bonds is 27. The first-order chi connectivity index (χ1) is 40.9. The second-order valence-corrected chi connectivity index (χ2v) is 32.8. The van der Waals surface area contributed by atoms with E-state index in [4.69, 9.17) is 28.4 Å². The van der Waals surface area contributed by atoms with Gasteiger partial charge in [0.1, 0.15) is 0 Å². The van der Waals surface area contributed by atoms with Crippen LogP contribution in [0.3, 0.4) is 0 Å². The lowest BCUT2D eigenvalue weighted by molar-refractivity contribution is -0.190. The van der Waals surface area contributed by atoms with Gasteiger partial charge >= 0.3 is 0 Å². The van der Waals surface area contributed by atoms with Gasteiger partial charge in [-0.15, -0.1) is 0 Å². The lowest BCUT2D eigenvalue weighted by atomic mass is 9.38. The SMILES string of the molecule is CC1(C)C2CC1C1CNC(C3=CC=CCN3)CC1C2CCOCCOCC1CC(COCCOCCC2C3CC(C4CCCCN4)NCC3C3CC2C3(C)C)CC(COCCOCCC2C3CC(C4CCCCN4)NCC3C3CC2C3(C)C)C1. The minimum Gasteiger partial charge on any atom is -0.384 e. The van der Waals surface area contributed by atoms with Crippen LogP contribution in [0.2, 0.25) is 0 Å². The van der Waals surface area contributed by atoms with Crippen LogP contribution in [-0.4, -0.2) is 149 Å². The molecule has 476 valence electrons. The normalized spacial score (nSPS) is 44.8. The van der Waals surface area contributed by atoms with Gasteiger partial charge in [0, 0.05) is 82.1 Å². The maximum atomic E-state index is 6.54. The van der Waals surface area contributed by atoms with Gasteiger partial charge in [-0.2, -0.15) is 0 Å². The Morgan fingerprint density at radius 1 is 0.393 bits per heavy atom. The Kier molecular flexibility index (Phi) is 20.1. The lowest BCUT2D eigenvalue weighted by Crippen LogP contribution is -2.67. The van der Waals surface area contributed by atoms with Crippen molar-refractivity contribution < 1.29 is 28.4 Å². The third kappa shape index (κ3) is 12.9. The molecular formula is C72H122N6O6. The highest BCUT2D eigenvalue weighted by Crippen LogP contribution is 2.70. The zero-order valence-electron chi connectivity index (χ0n) is 53.9. The molecule has 12 nitrogen and oxygen atoms in total. The summed E-state index contributed by atoms with van der Waals surface area (Å²) in [5, 5.41) is 23.6. The first-order valence-corrected chi connectivity index (χ1v) is 36.2. The molecule has 0 spiro atoms. The molecule has 0 amide bonds. The van der Waals surface area contributed by atoms with Gasteiger partial charge in [0.05, 0.1) is 39.6 Å². The van der Waals surface area contributed by atoms with Crippen LogP contribution in [0.15, 0.2) is 23.9 Å². The zero-order valence-corrected chi connectivity index (χ0v) is 53.9. The van der Waals surface area contributed by atoms with E-state index >= 15 is 0 Å². The molecule has 6 heterocycles. The molecule has 6 bridgehead atoms. The van der Waals surface area contributed by atoms with Gasteiger partial charge in [0.2, 0.25) is 0 Å². The zero-order chi connectivity index (χ0) is 57.4. The second kappa shape index (κ2) is 27.3. The Balaban J connectivity index is 0.554. The number of allylic oxidation sites excluding steroid dienone is 2. The van der Waals surface area contributed by atoms with Crippen LogP contribution < -0.4 is 31.9 Å². The number of hydrogen-bond donors (Lipinski definition) is 6. The fraction of sp³-hybridized carbons (Fsp3) is 0.944. The summed E-state index contributed by atoms with van der Waals surface area (Å²) < 4.78 is 39.0. The van der Waals surface area contributed by atoms with Crippen molar-refractivity contribution in [1.82, 2.24) is 31.9 Å². The van der Waals surface area contributed by atoms with Crippen molar-refractivity contribution in [3.05, 3.63) is 23.9 Å². The monoisotopic (exact) mass is 1170 g/mol. The molecule has 22 unspecified atom stereocenters. The third-order valence-corrected chi connectivity index (χ3v) is 27.9. The number of hydrogen-bond acceptors (Lipinski definition) is 12. The molecule has 6 N–H and O–H groups in total.